The summed E-state index contributed by atoms with van der Waals surface area (Å²) in [5.41, 5.74) is 3.65. The molecule has 0 bridgehead atoms. The number of allylic oxidation sites excluding steroid dienone is 1. The Balaban J connectivity index is 2.10. The van der Waals surface area contributed by atoms with Gasteiger partial charge in [-0.3, -0.25) is 0 Å². The monoisotopic (exact) mass is 250 g/mol. The molecule has 2 aromatic rings. The van der Waals surface area contributed by atoms with Crippen LogP contribution in [0.4, 0.5) is 4.39 Å². The van der Waals surface area contributed by atoms with Gasteiger partial charge in [-0.25, -0.2) is 4.39 Å². The number of hydrogen-bond acceptors (Lipinski definition) is 0. The summed E-state index contributed by atoms with van der Waals surface area (Å²) in [4.78, 5) is 0. The van der Waals surface area contributed by atoms with Crippen LogP contribution >= 0.6 is 0 Å². The molecule has 0 heterocycles. The summed E-state index contributed by atoms with van der Waals surface area (Å²) < 4.78 is 13.5. The molecule has 0 atom stereocenters. The molecule has 2 aromatic carbocycles. The largest absolute Gasteiger partial charge is 0.206 e. The Morgan fingerprint density at radius 1 is 0.947 bits per heavy atom. The van der Waals surface area contributed by atoms with Crippen LogP contribution in [-0.4, -0.2) is 0 Å². The van der Waals surface area contributed by atoms with E-state index < -0.39 is 0 Å². The fourth-order valence-corrected chi connectivity index (χ4v) is 1.66. The van der Waals surface area contributed by atoms with Crippen LogP contribution in [0.5, 0.6) is 0 Å². The molecule has 0 saturated heterocycles. The van der Waals surface area contributed by atoms with Crippen LogP contribution in [-0.2, 0) is 0 Å². The molecular formula is C18H15F. The third-order valence-electron chi connectivity index (χ3n) is 2.77. The van der Waals surface area contributed by atoms with Crippen molar-refractivity contribution in [3.63, 3.8) is 0 Å². The Bertz CT molecular complexity index is 652. The van der Waals surface area contributed by atoms with Gasteiger partial charge < -0.3 is 0 Å². The predicted molar refractivity (Wildman–Crippen MR) is 78.2 cm³/mol. The third kappa shape index (κ3) is 3.82. The van der Waals surface area contributed by atoms with Crippen LogP contribution in [0.2, 0.25) is 0 Å². The summed E-state index contributed by atoms with van der Waals surface area (Å²) in [6.07, 6.45) is 3.36. The molecule has 2 rings (SSSR count). The van der Waals surface area contributed by atoms with E-state index in [1.165, 1.54) is 11.6 Å². The van der Waals surface area contributed by atoms with Gasteiger partial charge in [0.2, 0.25) is 0 Å². The minimum absolute atomic E-state index is 0.214. The minimum Gasteiger partial charge on any atom is -0.206 e. The second-order valence-electron chi connectivity index (χ2n) is 4.49. The average Bonchev–Trinajstić information content (AvgIpc) is 2.39. The van der Waals surface area contributed by atoms with E-state index in [0.717, 1.165) is 11.1 Å². The van der Waals surface area contributed by atoms with Crippen LogP contribution in [0.3, 0.4) is 0 Å². The number of benzene rings is 2. The van der Waals surface area contributed by atoms with Crippen molar-refractivity contribution in [2.75, 3.05) is 0 Å². The summed E-state index contributed by atoms with van der Waals surface area (Å²) in [7, 11) is 0. The zero-order chi connectivity index (χ0) is 13.7. The molecule has 0 spiro atoms. The van der Waals surface area contributed by atoms with E-state index in [2.05, 4.69) is 11.8 Å². The minimum atomic E-state index is -0.214. The Labute approximate surface area is 113 Å². The molecule has 0 unspecified atom stereocenters. The Morgan fingerprint density at radius 2 is 1.63 bits per heavy atom. The highest BCUT2D eigenvalue weighted by atomic mass is 19.1. The Kier molecular flexibility index (Phi) is 4.15. The number of rotatable bonds is 1. The summed E-state index contributed by atoms with van der Waals surface area (Å²) in [5.74, 6) is 5.71. The van der Waals surface area contributed by atoms with Crippen LogP contribution in [0.15, 0.2) is 48.5 Å². The quantitative estimate of drug-likeness (QED) is 0.653. The van der Waals surface area contributed by atoms with Crippen molar-refractivity contribution < 1.29 is 4.39 Å². The Hall–Kier alpha value is -2.33. The van der Waals surface area contributed by atoms with Gasteiger partial charge in [0.15, 0.2) is 0 Å². The average molecular weight is 250 g/mol. The molecule has 0 aliphatic rings. The van der Waals surface area contributed by atoms with Gasteiger partial charge in [0.05, 0.1) is 0 Å². The van der Waals surface area contributed by atoms with Crippen molar-refractivity contribution >= 4 is 6.08 Å². The van der Waals surface area contributed by atoms with Crippen LogP contribution in [0, 0.1) is 31.5 Å². The van der Waals surface area contributed by atoms with E-state index in [4.69, 9.17) is 0 Å². The number of aryl methyl sites for hydroxylation is 2. The first-order chi connectivity index (χ1) is 9.15. The van der Waals surface area contributed by atoms with Crippen molar-refractivity contribution in [2.24, 2.45) is 0 Å². The molecule has 0 N–H and O–H groups in total. The van der Waals surface area contributed by atoms with Gasteiger partial charge in [-0.2, -0.15) is 0 Å². The maximum atomic E-state index is 13.5. The molecule has 19 heavy (non-hydrogen) atoms. The van der Waals surface area contributed by atoms with E-state index in [0.29, 0.717) is 5.56 Å². The van der Waals surface area contributed by atoms with Crippen molar-refractivity contribution in [2.45, 2.75) is 13.8 Å². The van der Waals surface area contributed by atoms with Crippen molar-refractivity contribution in [1.29, 1.82) is 0 Å². The topological polar surface area (TPSA) is 0 Å². The first-order valence-electron chi connectivity index (χ1n) is 6.16. The Morgan fingerprint density at radius 3 is 2.32 bits per heavy atom. The maximum absolute atomic E-state index is 13.5. The van der Waals surface area contributed by atoms with Gasteiger partial charge in [0.1, 0.15) is 5.82 Å². The number of hydrogen-bond donors (Lipinski definition) is 0. The molecule has 0 fully saturated rings. The van der Waals surface area contributed by atoms with E-state index >= 15 is 0 Å². The third-order valence-corrected chi connectivity index (χ3v) is 2.77. The van der Waals surface area contributed by atoms with Gasteiger partial charge in [-0.05, 0) is 49.8 Å². The fourth-order valence-electron chi connectivity index (χ4n) is 1.66. The first-order valence-corrected chi connectivity index (χ1v) is 6.16. The van der Waals surface area contributed by atoms with E-state index in [9.17, 15) is 4.39 Å². The van der Waals surface area contributed by atoms with Gasteiger partial charge >= 0.3 is 0 Å². The lowest BCUT2D eigenvalue weighted by molar-refractivity contribution is 0.624. The van der Waals surface area contributed by atoms with Crippen LogP contribution in [0.25, 0.3) is 6.08 Å². The maximum Gasteiger partial charge on any atom is 0.130 e. The van der Waals surface area contributed by atoms with Crippen molar-refractivity contribution in [1.82, 2.24) is 0 Å². The van der Waals surface area contributed by atoms with Crippen molar-refractivity contribution in [3.05, 3.63) is 76.6 Å². The molecule has 94 valence electrons. The summed E-state index contributed by atoms with van der Waals surface area (Å²) >= 11 is 0. The van der Waals surface area contributed by atoms with Crippen LogP contribution in [0.1, 0.15) is 22.3 Å². The van der Waals surface area contributed by atoms with Crippen LogP contribution < -0.4 is 0 Å². The van der Waals surface area contributed by atoms with Gasteiger partial charge in [0.25, 0.3) is 0 Å². The van der Waals surface area contributed by atoms with Gasteiger partial charge in [-0.1, -0.05) is 41.7 Å². The molecule has 0 saturated carbocycles. The van der Waals surface area contributed by atoms with Gasteiger partial charge in [0, 0.05) is 11.1 Å². The highest BCUT2D eigenvalue weighted by molar-refractivity contribution is 5.54. The fraction of sp³-hybridized carbons (Fsp3) is 0.111. The number of halogens is 1. The SMILES string of the molecule is Cc1ccc(C#CC=Cc2ccc(C)cc2F)cc1. The molecule has 0 radical (unpaired) electrons. The second-order valence-corrected chi connectivity index (χ2v) is 4.49. The van der Waals surface area contributed by atoms with E-state index in [1.807, 2.05) is 44.2 Å². The highest BCUT2D eigenvalue weighted by Gasteiger charge is 1.96. The lowest BCUT2D eigenvalue weighted by atomic mass is 10.1. The molecule has 0 nitrogen and oxygen atoms in total. The zero-order valence-electron chi connectivity index (χ0n) is 11.1. The second kappa shape index (κ2) is 6.02. The van der Waals surface area contributed by atoms with Gasteiger partial charge in [-0.15, -0.1) is 0 Å². The lowest BCUT2D eigenvalue weighted by Crippen LogP contribution is -1.82. The van der Waals surface area contributed by atoms with E-state index in [1.54, 1.807) is 18.2 Å². The molecule has 0 aliphatic carbocycles. The molecule has 1 heteroatoms. The van der Waals surface area contributed by atoms with Crippen molar-refractivity contribution in [3.8, 4) is 11.8 Å². The smallest absolute Gasteiger partial charge is 0.130 e. The first kappa shape index (κ1) is 13.1. The lowest BCUT2D eigenvalue weighted by Gasteiger charge is -1.96. The predicted octanol–water partition coefficient (Wildman–Crippen LogP) is 4.51. The molecular weight excluding hydrogens is 235 g/mol. The van der Waals surface area contributed by atoms with E-state index in [-0.39, 0.29) is 5.82 Å². The summed E-state index contributed by atoms with van der Waals surface area (Å²) in [5, 5.41) is 0. The normalized spacial score (nSPS) is 10.3. The molecule has 0 amide bonds. The highest BCUT2D eigenvalue weighted by Crippen LogP contribution is 2.11. The standard InChI is InChI=1S/C18H15F/c1-14-7-10-16(11-8-14)5-3-4-6-17-12-9-15(2)13-18(17)19/h4,6-13H,1-2H3. The molecule has 0 aromatic heterocycles. The zero-order valence-corrected chi connectivity index (χ0v) is 11.1. The molecule has 0 aliphatic heterocycles. The summed E-state index contributed by atoms with van der Waals surface area (Å²) in [6, 6.07) is 13.2. The summed E-state index contributed by atoms with van der Waals surface area (Å²) in [6.45, 7) is 3.91.